The van der Waals surface area contributed by atoms with Crippen molar-refractivity contribution in [2.45, 2.75) is 50.7 Å². The largest absolute Gasteiger partial charge is 0.337 e. The molecule has 1 atom stereocenters. The van der Waals surface area contributed by atoms with Gasteiger partial charge in [-0.15, -0.1) is 11.6 Å². The van der Waals surface area contributed by atoms with E-state index >= 15 is 0 Å². The zero-order chi connectivity index (χ0) is 15.4. The van der Waals surface area contributed by atoms with Gasteiger partial charge in [0, 0.05) is 31.7 Å². The van der Waals surface area contributed by atoms with Crippen LogP contribution in [0.2, 0.25) is 0 Å². The first-order chi connectivity index (χ1) is 10.8. The van der Waals surface area contributed by atoms with Crippen molar-refractivity contribution in [2.75, 3.05) is 19.0 Å². The molecule has 0 bridgehead atoms. The fraction of sp³-hybridized carbons (Fsp3) is 0.611. The molecule has 120 valence electrons. The number of alkyl halides is 1. The van der Waals surface area contributed by atoms with E-state index in [0.29, 0.717) is 12.1 Å². The van der Waals surface area contributed by atoms with Gasteiger partial charge in [0.2, 0.25) is 5.91 Å². The summed E-state index contributed by atoms with van der Waals surface area (Å²) >= 11 is 5.79. The van der Waals surface area contributed by atoms with E-state index in [1.54, 1.807) is 0 Å². The van der Waals surface area contributed by atoms with Gasteiger partial charge in [0.05, 0.1) is 0 Å². The van der Waals surface area contributed by atoms with Crippen molar-refractivity contribution in [1.82, 2.24) is 9.80 Å². The van der Waals surface area contributed by atoms with E-state index in [1.165, 1.54) is 24.8 Å². The molecular weight excluding hydrogens is 296 g/mol. The maximum Gasteiger partial charge on any atom is 0.237 e. The molecule has 0 radical (unpaired) electrons. The van der Waals surface area contributed by atoms with Crippen molar-refractivity contribution < 1.29 is 4.79 Å². The molecule has 0 N–H and O–H groups in total. The Balaban J connectivity index is 1.65. The summed E-state index contributed by atoms with van der Waals surface area (Å²) < 4.78 is 0. The van der Waals surface area contributed by atoms with E-state index in [4.69, 9.17) is 11.6 Å². The average molecular weight is 321 g/mol. The third kappa shape index (κ3) is 4.02. The van der Waals surface area contributed by atoms with Gasteiger partial charge in [0.15, 0.2) is 0 Å². The van der Waals surface area contributed by atoms with E-state index in [-0.39, 0.29) is 11.8 Å². The van der Waals surface area contributed by atoms with Gasteiger partial charge in [0.25, 0.3) is 0 Å². The molecule has 1 aliphatic heterocycles. The summed E-state index contributed by atoms with van der Waals surface area (Å²) in [6.45, 7) is 2.85. The molecule has 2 fully saturated rings. The standard InChI is InChI=1S/C18H25ClN2O/c19-12-18(22)21-11-5-4-8-17(21)14-20(16-9-10-16)13-15-6-2-1-3-7-15/h1-3,6-7,16-17H,4-5,8-14H2/t17-/m0/s1. The minimum atomic E-state index is 0.0989. The summed E-state index contributed by atoms with van der Waals surface area (Å²) in [5, 5.41) is 0. The number of amides is 1. The zero-order valence-corrected chi connectivity index (χ0v) is 13.8. The Labute approximate surface area is 138 Å². The van der Waals surface area contributed by atoms with Crippen molar-refractivity contribution >= 4 is 17.5 Å². The van der Waals surface area contributed by atoms with Gasteiger partial charge in [0.1, 0.15) is 5.88 Å². The van der Waals surface area contributed by atoms with Gasteiger partial charge >= 0.3 is 0 Å². The predicted molar refractivity (Wildman–Crippen MR) is 89.9 cm³/mol. The summed E-state index contributed by atoms with van der Waals surface area (Å²) in [6, 6.07) is 11.7. The first-order valence-electron chi connectivity index (χ1n) is 8.41. The van der Waals surface area contributed by atoms with Crippen LogP contribution in [0.1, 0.15) is 37.7 Å². The molecule has 0 aromatic heterocycles. The number of carbonyl (C=O) groups is 1. The number of likely N-dealkylation sites (tertiary alicyclic amines) is 1. The maximum atomic E-state index is 12.1. The summed E-state index contributed by atoms with van der Waals surface area (Å²) in [5.74, 6) is 0.209. The molecule has 1 saturated heterocycles. The van der Waals surface area contributed by atoms with Crippen LogP contribution in [0.4, 0.5) is 0 Å². The molecule has 1 aromatic rings. The van der Waals surface area contributed by atoms with Gasteiger partial charge in [-0.05, 0) is 37.7 Å². The van der Waals surface area contributed by atoms with Crippen molar-refractivity contribution in [2.24, 2.45) is 0 Å². The van der Waals surface area contributed by atoms with Crippen LogP contribution in [0, 0.1) is 0 Å². The summed E-state index contributed by atoms with van der Waals surface area (Å²) in [7, 11) is 0. The summed E-state index contributed by atoms with van der Waals surface area (Å²) in [5.41, 5.74) is 1.36. The number of piperidine rings is 1. The monoisotopic (exact) mass is 320 g/mol. The lowest BCUT2D eigenvalue weighted by Gasteiger charge is -2.38. The molecule has 4 heteroatoms. The number of hydrogen-bond donors (Lipinski definition) is 0. The SMILES string of the molecule is O=C(CCl)N1CCCC[C@H]1CN(Cc1ccccc1)C1CC1. The topological polar surface area (TPSA) is 23.6 Å². The second kappa shape index (κ2) is 7.47. The van der Waals surface area contributed by atoms with E-state index < -0.39 is 0 Å². The zero-order valence-electron chi connectivity index (χ0n) is 13.1. The third-order valence-corrected chi connectivity index (χ3v) is 5.03. The van der Waals surface area contributed by atoms with Crippen molar-refractivity contribution in [3.8, 4) is 0 Å². The molecule has 1 aliphatic carbocycles. The van der Waals surface area contributed by atoms with E-state index in [0.717, 1.165) is 32.5 Å². The van der Waals surface area contributed by atoms with Crippen LogP contribution in [0.5, 0.6) is 0 Å². The molecule has 2 aliphatic rings. The Morgan fingerprint density at radius 3 is 2.64 bits per heavy atom. The average Bonchev–Trinajstić information content (AvgIpc) is 3.40. The minimum absolute atomic E-state index is 0.0989. The molecule has 1 heterocycles. The number of nitrogens with zero attached hydrogens (tertiary/aromatic N) is 2. The summed E-state index contributed by atoms with van der Waals surface area (Å²) in [4.78, 5) is 16.7. The number of rotatable bonds is 6. The molecule has 1 saturated carbocycles. The highest BCUT2D eigenvalue weighted by molar-refractivity contribution is 6.27. The van der Waals surface area contributed by atoms with Gasteiger partial charge in [-0.25, -0.2) is 0 Å². The van der Waals surface area contributed by atoms with Gasteiger partial charge in [-0.2, -0.15) is 0 Å². The number of benzene rings is 1. The van der Waals surface area contributed by atoms with Crippen LogP contribution in [-0.4, -0.2) is 46.8 Å². The fourth-order valence-corrected chi connectivity index (χ4v) is 3.62. The van der Waals surface area contributed by atoms with E-state index in [9.17, 15) is 4.79 Å². The Morgan fingerprint density at radius 1 is 1.18 bits per heavy atom. The van der Waals surface area contributed by atoms with Crippen LogP contribution >= 0.6 is 11.6 Å². The van der Waals surface area contributed by atoms with Crippen molar-refractivity contribution in [3.05, 3.63) is 35.9 Å². The lowest BCUT2D eigenvalue weighted by molar-refractivity contribution is -0.132. The smallest absolute Gasteiger partial charge is 0.237 e. The van der Waals surface area contributed by atoms with Crippen LogP contribution in [-0.2, 0) is 11.3 Å². The van der Waals surface area contributed by atoms with Crippen LogP contribution < -0.4 is 0 Å². The Morgan fingerprint density at radius 2 is 1.95 bits per heavy atom. The minimum Gasteiger partial charge on any atom is -0.337 e. The quantitative estimate of drug-likeness (QED) is 0.751. The van der Waals surface area contributed by atoms with Crippen LogP contribution in [0.25, 0.3) is 0 Å². The second-order valence-corrected chi connectivity index (χ2v) is 6.78. The summed E-state index contributed by atoms with van der Waals surface area (Å²) in [6.07, 6.45) is 6.04. The molecule has 3 rings (SSSR count). The normalized spacial score (nSPS) is 22.1. The van der Waals surface area contributed by atoms with Gasteiger partial charge < -0.3 is 4.90 Å². The number of halogens is 1. The fourth-order valence-electron chi connectivity index (χ4n) is 3.47. The maximum absolute atomic E-state index is 12.1. The Kier molecular flexibility index (Phi) is 5.37. The molecular formula is C18H25ClN2O. The van der Waals surface area contributed by atoms with E-state index in [1.807, 2.05) is 4.90 Å². The molecule has 22 heavy (non-hydrogen) atoms. The predicted octanol–water partition coefficient (Wildman–Crippen LogP) is 3.27. The van der Waals surface area contributed by atoms with Crippen molar-refractivity contribution in [1.29, 1.82) is 0 Å². The highest BCUT2D eigenvalue weighted by Gasteiger charge is 2.34. The molecule has 1 amide bonds. The molecule has 3 nitrogen and oxygen atoms in total. The molecule has 0 unspecified atom stereocenters. The van der Waals surface area contributed by atoms with Gasteiger partial charge in [-0.1, -0.05) is 30.3 Å². The van der Waals surface area contributed by atoms with Crippen molar-refractivity contribution in [3.63, 3.8) is 0 Å². The van der Waals surface area contributed by atoms with Crippen LogP contribution in [0.3, 0.4) is 0 Å². The lowest BCUT2D eigenvalue weighted by atomic mass is 10.0. The first-order valence-corrected chi connectivity index (χ1v) is 8.95. The second-order valence-electron chi connectivity index (χ2n) is 6.52. The number of carbonyl (C=O) groups excluding carboxylic acids is 1. The Hall–Kier alpha value is -1.06. The third-order valence-electron chi connectivity index (χ3n) is 4.80. The first kappa shape index (κ1) is 15.8. The highest BCUT2D eigenvalue weighted by atomic mass is 35.5. The van der Waals surface area contributed by atoms with E-state index in [2.05, 4.69) is 35.2 Å². The number of hydrogen-bond acceptors (Lipinski definition) is 2. The Bertz CT molecular complexity index is 489. The van der Waals surface area contributed by atoms with Crippen LogP contribution in [0.15, 0.2) is 30.3 Å². The molecule has 1 aromatic carbocycles. The lowest BCUT2D eigenvalue weighted by Crippen LogP contribution is -2.50. The highest BCUT2D eigenvalue weighted by Crippen LogP contribution is 2.30. The van der Waals surface area contributed by atoms with Gasteiger partial charge in [-0.3, -0.25) is 9.69 Å². The molecule has 0 spiro atoms.